The third-order valence-electron chi connectivity index (χ3n) is 2.32. The quantitative estimate of drug-likeness (QED) is 0.781. The fraction of sp³-hybridized carbons (Fsp3) is 0. The molecule has 0 bridgehead atoms. The van der Waals surface area contributed by atoms with Crippen molar-refractivity contribution in [1.82, 2.24) is 0 Å². The van der Waals surface area contributed by atoms with Gasteiger partial charge >= 0.3 is 0 Å². The number of nitrogens with two attached hydrogens (primary N) is 1. The number of nitrogens with one attached hydrogen (secondary N) is 1. The minimum Gasteiger partial charge on any atom is -0.395 e. The average Bonchev–Trinajstić information content (AvgIpc) is 2.28. The van der Waals surface area contributed by atoms with Crippen LogP contribution in [0.15, 0.2) is 34.8 Å². The predicted octanol–water partition coefficient (Wildman–Crippen LogP) is 4.71. The summed E-state index contributed by atoms with van der Waals surface area (Å²) < 4.78 is 26.8. The Hall–Kier alpha value is -1.33. The fourth-order valence-corrected chi connectivity index (χ4v) is 2.34. The van der Waals surface area contributed by atoms with Crippen molar-refractivity contribution in [3.63, 3.8) is 0 Å². The van der Waals surface area contributed by atoms with Crippen molar-refractivity contribution in [2.45, 2.75) is 0 Å². The summed E-state index contributed by atoms with van der Waals surface area (Å²) in [6, 6.07) is 6.78. The third kappa shape index (κ3) is 2.57. The molecule has 0 aliphatic carbocycles. The summed E-state index contributed by atoms with van der Waals surface area (Å²) in [7, 11) is 0. The summed E-state index contributed by atoms with van der Waals surface area (Å²) in [6.07, 6.45) is 0. The molecule has 0 atom stereocenters. The van der Waals surface area contributed by atoms with E-state index in [0.29, 0.717) is 15.8 Å². The van der Waals surface area contributed by atoms with Gasteiger partial charge in [-0.05, 0) is 40.2 Å². The molecule has 0 saturated heterocycles. The van der Waals surface area contributed by atoms with Gasteiger partial charge in [0, 0.05) is 4.47 Å². The molecule has 3 N–H and O–H groups in total. The van der Waals surface area contributed by atoms with Crippen LogP contribution in [0.2, 0.25) is 5.02 Å². The lowest BCUT2D eigenvalue weighted by Crippen LogP contribution is -2.00. The van der Waals surface area contributed by atoms with Crippen LogP contribution in [0.4, 0.5) is 25.8 Å². The lowest BCUT2D eigenvalue weighted by Gasteiger charge is -2.13. The maximum Gasteiger partial charge on any atom is 0.148 e. The van der Waals surface area contributed by atoms with Crippen LogP contribution in [0.25, 0.3) is 0 Å². The van der Waals surface area contributed by atoms with Gasteiger partial charge < -0.3 is 11.1 Å². The second kappa shape index (κ2) is 5.12. The Kier molecular flexibility index (Phi) is 3.73. The molecule has 0 aliphatic heterocycles. The summed E-state index contributed by atoms with van der Waals surface area (Å²) in [4.78, 5) is 0. The number of para-hydroxylation sites is 1. The van der Waals surface area contributed by atoms with Crippen LogP contribution < -0.4 is 11.1 Å². The molecule has 6 heteroatoms. The van der Waals surface area contributed by atoms with E-state index in [4.69, 9.17) is 17.3 Å². The van der Waals surface area contributed by atoms with Gasteiger partial charge in [-0.15, -0.1) is 0 Å². The molecule has 2 rings (SSSR count). The van der Waals surface area contributed by atoms with Gasteiger partial charge in [-0.2, -0.15) is 0 Å². The van der Waals surface area contributed by atoms with E-state index in [0.717, 1.165) is 6.07 Å². The van der Waals surface area contributed by atoms with Gasteiger partial charge in [0.25, 0.3) is 0 Å². The van der Waals surface area contributed by atoms with Gasteiger partial charge in [-0.25, -0.2) is 8.78 Å². The maximum absolute atomic E-state index is 13.3. The largest absolute Gasteiger partial charge is 0.395 e. The zero-order valence-corrected chi connectivity index (χ0v) is 11.3. The van der Waals surface area contributed by atoms with Crippen molar-refractivity contribution in [2.75, 3.05) is 11.1 Å². The second-order valence-electron chi connectivity index (χ2n) is 3.57. The van der Waals surface area contributed by atoms with Crippen molar-refractivity contribution in [1.29, 1.82) is 0 Å². The third-order valence-corrected chi connectivity index (χ3v) is 3.24. The van der Waals surface area contributed by atoms with Crippen LogP contribution in [-0.4, -0.2) is 0 Å². The maximum atomic E-state index is 13.3. The van der Waals surface area contributed by atoms with Crippen molar-refractivity contribution < 1.29 is 8.78 Å². The first-order valence-corrected chi connectivity index (χ1v) is 6.11. The molecule has 0 heterocycles. The molecule has 2 aromatic carbocycles. The number of benzene rings is 2. The van der Waals surface area contributed by atoms with E-state index in [2.05, 4.69) is 21.2 Å². The van der Waals surface area contributed by atoms with Gasteiger partial charge in [0.1, 0.15) is 11.6 Å². The van der Waals surface area contributed by atoms with Gasteiger partial charge in [0.2, 0.25) is 0 Å². The van der Waals surface area contributed by atoms with Crippen LogP contribution in [-0.2, 0) is 0 Å². The van der Waals surface area contributed by atoms with E-state index in [9.17, 15) is 8.78 Å². The molecule has 0 aromatic heterocycles. The second-order valence-corrected chi connectivity index (χ2v) is 4.83. The molecule has 0 fully saturated rings. The fourth-order valence-electron chi connectivity index (χ4n) is 1.44. The number of rotatable bonds is 2. The highest BCUT2D eigenvalue weighted by Crippen LogP contribution is 2.35. The van der Waals surface area contributed by atoms with Crippen LogP contribution in [0.5, 0.6) is 0 Å². The first kappa shape index (κ1) is 13.1. The van der Waals surface area contributed by atoms with E-state index < -0.39 is 11.6 Å². The molecule has 0 aliphatic rings. The van der Waals surface area contributed by atoms with Gasteiger partial charge in [0.05, 0.1) is 22.1 Å². The van der Waals surface area contributed by atoms with Gasteiger partial charge in [0.15, 0.2) is 0 Å². The summed E-state index contributed by atoms with van der Waals surface area (Å²) in [5, 5.41) is 3.04. The Balaban J connectivity index is 2.43. The lowest BCUT2D eigenvalue weighted by atomic mass is 10.2. The monoisotopic (exact) mass is 332 g/mol. The number of halogens is 4. The Bertz CT molecular complexity index is 582. The summed E-state index contributed by atoms with van der Waals surface area (Å²) >= 11 is 9.09. The molecule has 0 saturated carbocycles. The molecular weight excluding hydrogens is 325 g/mol. The summed E-state index contributed by atoms with van der Waals surface area (Å²) in [5.74, 6) is -1.00. The average molecular weight is 334 g/mol. The van der Waals surface area contributed by atoms with E-state index in [-0.39, 0.29) is 10.7 Å². The Morgan fingerprint density at radius 3 is 2.61 bits per heavy atom. The topological polar surface area (TPSA) is 38.0 Å². The molecule has 0 unspecified atom stereocenters. The van der Waals surface area contributed by atoms with Gasteiger partial charge in [-0.3, -0.25) is 0 Å². The van der Waals surface area contributed by atoms with E-state index in [1.165, 1.54) is 18.2 Å². The highest BCUT2D eigenvalue weighted by atomic mass is 79.9. The Morgan fingerprint density at radius 1 is 1.22 bits per heavy atom. The number of hydrogen-bond acceptors (Lipinski definition) is 2. The highest BCUT2D eigenvalue weighted by molar-refractivity contribution is 9.10. The van der Waals surface area contributed by atoms with Crippen LogP contribution in [0.3, 0.4) is 0 Å². The van der Waals surface area contributed by atoms with Crippen LogP contribution in [0, 0.1) is 11.6 Å². The van der Waals surface area contributed by atoms with Gasteiger partial charge in [-0.1, -0.05) is 17.7 Å². The van der Waals surface area contributed by atoms with Crippen LogP contribution >= 0.6 is 27.5 Å². The molecule has 0 spiro atoms. The molecular formula is C12H8BrClF2N2. The molecule has 0 radical (unpaired) electrons. The Morgan fingerprint density at radius 2 is 1.94 bits per heavy atom. The van der Waals surface area contributed by atoms with Crippen LogP contribution in [0.1, 0.15) is 0 Å². The van der Waals surface area contributed by atoms with E-state index >= 15 is 0 Å². The molecule has 0 amide bonds. The normalized spacial score (nSPS) is 10.4. The Labute approximate surface area is 116 Å². The molecule has 94 valence electrons. The number of nitrogen functional groups attached to an aromatic ring is 1. The van der Waals surface area contributed by atoms with Crippen molar-refractivity contribution in [2.24, 2.45) is 0 Å². The molecule has 2 aromatic rings. The predicted molar refractivity (Wildman–Crippen MR) is 73.2 cm³/mol. The minimum absolute atomic E-state index is 0.0233. The first-order chi connectivity index (χ1) is 8.49. The smallest absolute Gasteiger partial charge is 0.148 e. The summed E-state index contributed by atoms with van der Waals surface area (Å²) in [6.45, 7) is 0. The number of anilines is 3. The van der Waals surface area contributed by atoms with E-state index in [1.54, 1.807) is 6.07 Å². The number of hydrogen-bond donors (Lipinski definition) is 2. The SMILES string of the molecule is Nc1c(F)cccc1Nc1c(Cl)cc(F)cc1Br. The minimum atomic E-state index is -0.533. The van der Waals surface area contributed by atoms with Crippen molar-refractivity contribution in [3.8, 4) is 0 Å². The molecule has 18 heavy (non-hydrogen) atoms. The standard InChI is InChI=1S/C12H8BrClF2N2/c13-7-4-6(15)5-8(14)12(7)18-10-3-1-2-9(16)11(10)17/h1-5,18H,17H2. The molecule has 2 nitrogen and oxygen atoms in total. The zero-order chi connectivity index (χ0) is 13.3. The first-order valence-electron chi connectivity index (χ1n) is 4.94. The van der Waals surface area contributed by atoms with Crippen molar-refractivity contribution >= 4 is 44.6 Å². The zero-order valence-electron chi connectivity index (χ0n) is 8.98. The van der Waals surface area contributed by atoms with Crippen molar-refractivity contribution in [3.05, 3.63) is 51.5 Å². The van der Waals surface area contributed by atoms with E-state index in [1.807, 2.05) is 0 Å². The lowest BCUT2D eigenvalue weighted by molar-refractivity contribution is 0.627. The highest BCUT2D eigenvalue weighted by Gasteiger charge is 2.11. The summed E-state index contributed by atoms with van der Waals surface area (Å²) in [5.41, 5.74) is 6.36.